The highest BCUT2D eigenvalue weighted by Crippen LogP contribution is 2.24. The summed E-state index contributed by atoms with van der Waals surface area (Å²) < 4.78 is 24.4. The fourth-order valence-electron chi connectivity index (χ4n) is 0.657. The van der Waals surface area contributed by atoms with Crippen LogP contribution in [0, 0.1) is 5.92 Å². The van der Waals surface area contributed by atoms with Crippen molar-refractivity contribution in [1.82, 2.24) is 5.32 Å². The molecule has 0 bridgehead atoms. The maximum Gasteiger partial charge on any atom is 0.307 e. The summed E-state index contributed by atoms with van der Waals surface area (Å²) in [5.74, 6) is -3.87. The third-order valence-corrected chi connectivity index (χ3v) is 1.48. The first-order valence-corrected chi connectivity index (χ1v) is 2.71. The number of hydrogen-bond acceptors (Lipinski definition) is 2. The zero-order chi connectivity index (χ0) is 6.91. The zero-order valence-corrected chi connectivity index (χ0v) is 4.73. The van der Waals surface area contributed by atoms with E-state index in [0.29, 0.717) is 0 Å². The van der Waals surface area contributed by atoms with Crippen LogP contribution >= 0.6 is 0 Å². The molecule has 0 spiro atoms. The molecule has 1 heterocycles. The van der Waals surface area contributed by atoms with Crippen molar-refractivity contribution in [3.8, 4) is 0 Å². The Balaban J connectivity index is 2.46. The third-order valence-electron chi connectivity index (χ3n) is 1.48. The quantitative estimate of drug-likeness (QED) is 0.541. The molecule has 0 atom stereocenters. The van der Waals surface area contributed by atoms with Crippen molar-refractivity contribution in [3.05, 3.63) is 0 Å². The summed E-state index contributed by atoms with van der Waals surface area (Å²) in [5, 5.41) is 2.66. The Labute approximate surface area is 51.2 Å². The van der Waals surface area contributed by atoms with Crippen LogP contribution in [0.5, 0.6) is 0 Å². The molecule has 1 aliphatic rings. The van der Waals surface area contributed by atoms with Crippen molar-refractivity contribution in [3.63, 3.8) is 0 Å². The summed E-state index contributed by atoms with van der Waals surface area (Å²) in [6.45, 7) is 0.511. The van der Waals surface area contributed by atoms with Crippen LogP contribution in [-0.4, -0.2) is 25.3 Å². The van der Waals surface area contributed by atoms with Gasteiger partial charge < -0.3 is 5.32 Å². The van der Waals surface area contributed by atoms with Crippen molar-refractivity contribution in [2.24, 2.45) is 5.92 Å². The Morgan fingerprint density at radius 2 is 2.11 bits per heavy atom. The molecular weight excluding hydrogens is 128 g/mol. The first-order chi connectivity index (χ1) is 4.17. The van der Waals surface area contributed by atoms with E-state index in [0.717, 1.165) is 0 Å². The Morgan fingerprint density at radius 1 is 1.56 bits per heavy atom. The summed E-state index contributed by atoms with van der Waals surface area (Å²) in [5.41, 5.74) is 0. The Morgan fingerprint density at radius 3 is 2.22 bits per heavy atom. The maximum atomic E-state index is 12.2. The molecule has 0 radical (unpaired) electrons. The Hall–Kier alpha value is -0.510. The molecule has 0 aromatic carbocycles. The number of alkyl halides is 2. The average molecular weight is 135 g/mol. The van der Waals surface area contributed by atoms with Gasteiger partial charge in [-0.1, -0.05) is 0 Å². The van der Waals surface area contributed by atoms with E-state index in [1.807, 2.05) is 0 Å². The highest BCUT2D eigenvalue weighted by atomic mass is 19.3. The van der Waals surface area contributed by atoms with Crippen LogP contribution in [0.25, 0.3) is 0 Å². The monoisotopic (exact) mass is 135 g/mol. The molecular formula is C5H7F2NO. The number of carbonyl (C=O) groups is 1. The largest absolute Gasteiger partial charge is 0.316 e. The fourth-order valence-corrected chi connectivity index (χ4v) is 0.657. The number of aldehydes is 1. The Kier molecular flexibility index (Phi) is 1.48. The highest BCUT2D eigenvalue weighted by Gasteiger charge is 2.42. The lowest BCUT2D eigenvalue weighted by molar-refractivity contribution is -0.140. The number of hydrogen-bond donors (Lipinski definition) is 1. The average Bonchev–Trinajstić information content (AvgIpc) is 1.60. The topological polar surface area (TPSA) is 29.1 Å². The molecule has 0 saturated carbocycles. The summed E-state index contributed by atoms with van der Waals surface area (Å²) in [6, 6.07) is 0. The van der Waals surface area contributed by atoms with E-state index in [1.165, 1.54) is 0 Å². The second kappa shape index (κ2) is 2.02. The third kappa shape index (κ3) is 1.08. The van der Waals surface area contributed by atoms with Crippen molar-refractivity contribution in [2.75, 3.05) is 13.1 Å². The minimum atomic E-state index is -3.11. The molecule has 1 fully saturated rings. The molecule has 9 heavy (non-hydrogen) atoms. The molecule has 2 nitrogen and oxygen atoms in total. The molecule has 0 aromatic heterocycles. The Bertz CT molecular complexity index is 122. The van der Waals surface area contributed by atoms with Crippen LogP contribution < -0.4 is 5.32 Å². The van der Waals surface area contributed by atoms with Crippen LogP contribution in [0.1, 0.15) is 0 Å². The van der Waals surface area contributed by atoms with E-state index in [4.69, 9.17) is 0 Å². The first kappa shape index (κ1) is 6.61. The number of nitrogens with one attached hydrogen (secondary N) is 1. The molecule has 0 aliphatic carbocycles. The van der Waals surface area contributed by atoms with Gasteiger partial charge in [0.25, 0.3) is 0 Å². The molecule has 0 amide bonds. The smallest absolute Gasteiger partial charge is 0.307 e. The van der Waals surface area contributed by atoms with Crippen molar-refractivity contribution in [2.45, 2.75) is 5.92 Å². The van der Waals surface area contributed by atoms with Gasteiger partial charge in [0.1, 0.15) is 0 Å². The van der Waals surface area contributed by atoms with Crippen LogP contribution in [0.2, 0.25) is 0 Å². The fraction of sp³-hybridized carbons (Fsp3) is 0.800. The lowest BCUT2D eigenvalue weighted by atomic mass is 9.96. The van der Waals surface area contributed by atoms with E-state index in [-0.39, 0.29) is 19.4 Å². The SMILES string of the molecule is O=CC(F)(F)C1CNC1. The molecule has 1 N–H and O–H groups in total. The molecule has 1 aliphatic heterocycles. The van der Waals surface area contributed by atoms with E-state index in [2.05, 4.69) is 5.32 Å². The van der Waals surface area contributed by atoms with Gasteiger partial charge in [0.15, 0.2) is 6.29 Å². The van der Waals surface area contributed by atoms with Crippen molar-refractivity contribution in [1.29, 1.82) is 0 Å². The second-order valence-electron chi connectivity index (χ2n) is 2.15. The molecule has 0 aromatic rings. The van der Waals surface area contributed by atoms with Gasteiger partial charge in [-0.2, -0.15) is 8.78 Å². The van der Waals surface area contributed by atoms with Crippen LogP contribution in [-0.2, 0) is 4.79 Å². The van der Waals surface area contributed by atoms with Gasteiger partial charge >= 0.3 is 5.92 Å². The maximum absolute atomic E-state index is 12.2. The minimum absolute atomic E-state index is 0.256. The molecule has 4 heteroatoms. The van der Waals surface area contributed by atoms with E-state index in [9.17, 15) is 13.6 Å². The molecule has 0 unspecified atom stereocenters. The van der Waals surface area contributed by atoms with Gasteiger partial charge in [-0.15, -0.1) is 0 Å². The van der Waals surface area contributed by atoms with Gasteiger partial charge in [0, 0.05) is 13.1 Å². The normalized spacial score (nSPS) is 21.1. The zero-order valence-electron chi connectivity index (χ0n) is 4.73. The first-order valence-electron chi connectivity index (χ1n) is 2.71. The predicted molar refractivity (Wildman–Crippen MR) is 27.4 cm³/mol. The summed E-state index contributed by atoms with van der Waals surface area (Å²) in [7, 11) is 0. The number of carbonyl (C=O) groups excluding carboxylic acids is 1. The summed E-state index contributed by atoms with van der Waals surface area (Å²) in [4.78, 5) is 9.68. The van der Waals surface area contributed by atoms with Gasteiger partial charge in [0.2, 0.25) is 0 Å². The second-order valence-corrected chi connectivity index (χ2v) is 2.15. The lowest BCUT2D eigenvalue weighted by Gasteiger charge is -2.30. The summed E-state index contributed by atoms with van der Waals surface area (Å²) in [6.07, 6.45) is -0.279. The van der Waals surface area contributed by atoms with Gasteiger partial charge in [-0.25, -0.2) is 0 Å². The number of rotatable bonds is 2. The van der Waals surface area contributed by atoms with Gasteiger partial charge in [0.05, 0.1) is 5.92 Å². The van der Waals surface area contributed by atoms with Gasteiger partial charge in [-0.3, -0.25) is 4.79 Å². The van der Waals surface area contributed by atoms with Crippen molar-refractivity contribution >= 4 is 6.29 Å². The molecule has 1 rings (SSSR count). The highest BCUT2D eigenvalue weighted by molar-refractivity contribution is 5.60. The van der Waals surface area contributed by atoms with Crippen LogP contribution in [0.4, 0.5) is 8.78 Å². The molecule has 52 valence electrons. The predicted octanol–water partition coefficient (Wildman–Crippen LogP) is 0.0400. The van der Waals surface area contributed by atoms with Crippen LogP contribution in [0.3, 0.4) is 0 Å². The molecule has 1 saturated heterocycles. The standard InChI is InChI=1S/C5H7F2NO/c6-5(7,3-9)4-1-8-2-4/h3-4,8H,1-2H2. The van der Waals surface area contributed by atoms with E-state index >= 15 is 0 Å². The van der Waals surface area contributed by atoms with Crippen molar-refractivity contribution < 1.29 is 13.6 Å². The van der Waals surface area contributed by atoms with E-state index < -0.39 is 11.8 Å². The van der Waals surface area contributed by atoms with E-state index in [1.54, 1.807) is 0 Å². The lowest BCUT2D eigenvalue weighted by Crippen LogP contribution is -2.52. The number of halogens is 2. The minimum Gasteiger partial charge on any atom is -0.316 e. The van der Waals surface area contributed by atoms with Gasteiger partial charge in [-0.05, 0) is 0 Å². The van der Waals surface area contributed by atoms with Crippen LogP contribution in [0.15, 0.2) is 0 Å². The summed E-state index contributed by atoms with van der Waals surface area (Å²) >= 11 is 0.